The van der Waals surface area contributed by atoms with E-state index in [0.29, 0.717) is 0 Å². The van der Waals surface area contributed by atoms with Crippen LogP contribution in [0, 0.1) is 0 Å². The van der Waals surface area contributed by atoms with Crippen molar-refractivity contribution in [3.8, 4) is 72.4 Å². The van der Waals surface area contributed by atoms with Crippen molar-refractivity contribution in [2.75, 3.05) is 0 Å². The standard InChI is InChI=1S/C66H41NO2/c1-3-13-45(14-4-1)51-18-9-22-56-58-24-11-20-53(65(58)68-63(51)56)47-31-27-42(28-32-47)43-35-38-50(39-36-43)67-61-26-8-7-17-55(61)60-41-49(37-40-62(60)67)44-29-33-48(34-30-44)54-21-12-25-59-57-23-10-19-52(64(57)69-66(54)59)46-15-5-2-6-16-46/h1-41H. The van der Waals surface area contributed by atoms with E-state index in [-0.39, 0.29) is 0 Å². The van der Waals surface area contributed by atoms with E-state index in [1.54, 1.807) is 0 Å². The van der Waals surface area contributed by atoms with E-state index in [0.717, 1.165) is 99.6 Å². The summed E-state index contributed by atoms with van der Waals surface area (Å²) in [6.45, 7) is 0. The van der Waals surface area contributed by atoms with Crippen molar-refractivity contribution in [1.29, 1.82) is 0 Å². The van der Waals surface area contributed by atoms with Crippen LogP contribution in [0.25, 0.3) is 138 Å². The van der Waals surface area contributed by atoms with Crippen LogP contribution in [0.2, 0.25) is 0 Å². The third-order valence-corrected chi connectivity index (χ3v) is 14.1. The molecule has 14 aromatic rings. The van der Waals surface area contributed by atoms with Crippen LogP contribution in [-0.2, 0) is 0 Å². The highest BCUT2D eigenvalue weighted by molar-refractivity contribution is 6.15. The predicted octanol–water partition coefficient (Wildman–Crippen LogP) is 18.6. The van der Waals surface area contributed by atoms with Crippen molar-refractivity contribution < 1.29 is 8.83 Å². The zero-order valence-electron chi connectivity index (χ0n) is 37.4. The lowest BCUT2D eigenvalue weighted by Gasteiger charge is -2.11. The summed E-state index contributed by atoms with van der Waals surface area (Å²) in [5.41, 5.74) is 20.8. The fraction of sp³-hybridized carbons (Fsp3) is 0. The topological polar surface area (TPSA) is 31.2 Å². The average molecular weight is 880 g/mol. The van der Waals surface area contributed by atoms with Crippen LogP contribution in [0.4, 0.5) is 0 Å². The van der Waals surface area contributed by atoms with Gasteiger partial charge in [-0.15, -0.1) is 0 Å². The van der Waals surface area contributed by atoms with Gasteiger partial charge in [0.1, 0.15) is 22.3 Å². The van der Waals surface area contributed by atoms with E-state index < -0.39 is 0 Å². The number of nitrogens with zero attached hydrogens (tertiary/aromatic N) is 1. The van der Waals surface area contributed by atoms with Gasteiger partial charge >= 0.3 is 0 Å². The molecule has 0 saturated heterocycles. The Morgan fingerprint density at radius 1 is 0.217 bits per heavy atom. The average Bonchev–Trinajstić information content (AvgIpc) is 4.11. The number of rotatable bonds is 7. The van der Waals surface area contributed by atoms with Crippen molar-refractivity contribution in [2.24, 2.45) is 0 Å². The zero-order valence-corrected chi connectivity index (χ0v) is 37.4. The molecule has 0 aliphatic carbocycles. The van der Waals surface area contributed by atoms with Gasteiger partial charge in [-0.25, -0.2) is 0 Å². The summed E-state index contributed by atoms with van der Waals surface area (Å²) in [5, 5.41) is 6.97. The van der Waals surface area contributed by atoms with Crippen molar-refractivity contribution >= 4 is 65.7 Å². The van der Waals surface area contributed by atoms with Crippen LogP contribution < -0.4 is 0 Å². The molecule has 0 atom stereocenters. The second-order valence-electron chi connectivity index (χ2n) is 18.0. The number of para-hydroxylation sites is 5. The summed E-state index contributed by atoms with van der Waals surface area (Å²) < 4.78 is 15.9. The molecule has 0 unspecified atom stereocenters. The Kier molecular flexibility index (Phi) is 8.90. The second-order valence-corrected chi connectivity index (χ2v) is 18.0. The van der Waals surface area contributed by atoms with E-state index in [4.69, 9.17) is 8.83 Å². The van der Waals surface area contributed by atoms with Crippen LogP contribution in [0.1, 0.15) is 0 Å². The highest BCUT2D eigenvalue weighted by atomic mass is 16.3. The SMILES string of the molecule is c1ccc(-c2cccc3c2oc2c(-c4ccc(-c5ccc(-n6c7ccccc7c7cc(-c8ccc(-c9cccc%10c9oc9c(-c%11ccccc%11)cccc9%10)cc8)ccc76)cc5)cc4)cccc23)cc1. The maximum atomic E-state index is 6.74. The molecule has 0 radical (unpaired) electrons. The molecule has 3 heterocycles. The summed E-state index contributed by atoms with van der Waals surface area (Å²) in [6.07, 6.45) is 0. The number of fused-ring (bicyclic) bond motifs is 9. The van der Waals surface area contributed by atoms with Gasteiger partial charge in [-0.3, -0.25) is 0 Å². The largest absolute Gasteiger partial charge is 0.455 e. The summed E-state index contributed by atoms with van der Waals surface area (Å²) >= 11 is 0. The Bertz CT molecular complexity index is 4250. The molecular weight excluding hydrogens is 839 g/mol. The first-order valence-corrected chi connectivity index (χ1v) is 23.6. The van der Waals surface area contributed by atoms with Crippen molar-refractivity contribution in [2.45, 2.75) is 0 Å². The summed E-state index contributed by atoms with van der Waals surface area (Å²) in [4.78, 5) is 0. The zero-order chi connectivity index (χ0) is 45.4. The fourth-order valence-electron chi connectivity index (χ4n) is 10.7. The van der Waals surface area contributed by atoms with Crippen molar-refractivity contribution in [1.82, 2.24) is 4.57 Å². The molecule has 322 valence electrons. The minimum absolute atomic E-state index is 0.912. The normalized spacial score (nSPS) is 11.8. The van der Waals surface area contributed by atoms with Crippen LogP contribution in [0.15, 0.2) is 258 Å². The van der Waals surface area contributed by atoms with Gasteiger partial charge < -0.3 is 13.4 Å². The molecule has 0 amide bonds. The Morgan fingerprint density at radius 3 is 1.01 bits per heavy atom. The van der Waals surface area contributed by atoms with E-state index >= 15 is 0 Å². The molecule has 0 saturated carbocycles. The minimum Gasteiger partial charge on any atom is -0.455 e. The third-order valence-electron chi connectivity index (χ3n) is 14.1. The molecule has 69 heavy (non-hydrogen) atoms. The highest BCUT2D eigenvalue weighted by Crippen LogP contribution is 2.43. The molecule has 14 rings (SSSR count). The van der Waals surface area contributed by atoms with Crippen LogP contribution in [-0.4, -0.2) is 4.57 Å². The van der Waals surface area contributed by atoms with Gasteiger partial charge in [-0.2, -0.15) is 0 Å². The first-order chi connectivity index (χ1) is 34.2. The van der Waals surface area contributed by atoms with Crippen molar-refractivity contribution in [3.05, 3.63) is 249 Å². The Hall–Kier alpha value is -9.18. The smallest absolute Gasteiger partial charge is 0.143 e. The maximum absolute atomic E-state index is 6.74. The number of aromatic nitrogens is 1. The summed E-state index contributed by atoms with van der Waals surface area (Å²) in [6, 6.07) is 89.1. The molecule has 0 aliphatic rings. The lowest BCUT2D eigenvalue weighted by Crippen LogP contribution is -1.93. The Labute approximate surface area is 398 Å². The van der Waals surface area contributed by atoms with Gasteiger partial charge in [0.25, 0.3) is 0 Å². The predicted molar refractivity (Wildman–Crippen MR) is 288 cm³/mol. The number of hydrogen-bond acceptors (Lipinski definition) is 2. The van der Waals surface area contributed by atoms with Crippen LogP contribution >= 0.6 is 0 Å². The van der Waals surface area contributed by atoms with E-state index in [9.17, 15) is 0 Å². The quantitative estimate of drug-likeness (QED) is 0.160. The van der Waals surface area contributed by atoms with Gasteiger partial charge in [-0.1, -0.05) is 218 Å². The first-order valence-electron chi connectivity index (χ1n) is 23.6. The Balaban J connectivity index is 0.763. The Morgan fingerprint density at radius 2 is 0.551 bits per heavy atom. The fourth-order valence-corrected chi connectivity index (χ4v) is 10.7. The molecule has 3 nitrogen and oxygen atoms in total. The lowest BCUT2D eigenvalue weighted by molar-refractivity contribution is 0.670. The summed E-state index contributed by atoms with van der Waals surface area (Å²) in [5.74, 6) is 0. The van der Waals surface area contributed by atoms with Gasteiger partial charge in [0.15, 0.2) is 0 Å². The van der Waals surface area contributed by atoms with Gasteiger partial charge in [-0.05, 0) is 74.8 Å². The molecule has 11 aromatic carbocycles. The molecule has 0 bridgehead atoms. The van der Waals surface area contributed by atoms with Gasteiger partial charge in [0.05, 0.1) is 11.0 Å². The number of benzene rings is 11. The second kappa shape index (κ2) is 15.7. The molecule has 0 fully saturated rings. The molecular formula is C66H41NO2. The molecule has 3 heteroatoms. The van der Waals surface area contributed by atoms with Gasteiger partial charge in [0, 0.05) is 60.3 Å². The van der Waals surface area contributed by atoms with Gasteiger partial charge in [0.2, 0.25) is 0 Å². The molecule has 0 aliphatic heterocycles. The molecule has 3 aromatic heterocycles. The summed E-state index contributed by atoms with van der Waals surface area (Å²) in [7, 11) is 0. The number of hydrogen-bond donors (Lipinski definition) is 0. The highest BCUT2D eigenvalue weighted by Gasteiger charge is 2.19. The first kappa shape index (κ1) is 39.0. The molecule has 0 N–H and O–H groups in total. The monoisotopic (exact) mass is 879 g/mol. The maximum Gasteiger partial charge on any atom is 0.143 e. The van der Waals surface area contributed by atoms with Crippen molar-refractivity contribution in [3.63, 3.8) is 0 Å². The number of furan rings is 2. The third kappa shape index (κ3) is 6.36. The lowest BCUT2D eigenvalue weighted by atomic mass is 9.97. The minimum atomic E-state index is 0.912. The van der Waals surface area contributed by atoms with Crippen LogP contribution in [0.5, 0.6) is 0 Å². The van der Waals surface area contributed by atoms with E-state index in [2.05, 4.69) is 241 Å². The molecule has 0 spiro atoms. The van der Waals surface area contributed by atoms with E-state index in [1.807, 2.05) is 12.1 Å². The van der Waals surface area contributed by atoms with Crippen LogP contribution in [0.3, 0.4) is 0 Å². The van der Waals surface area contributed by atoms with E-state index in [1.165, 1.54) is 38.5 Å².